The highest BCUT2D eigenvalue weighted by Gasteiger charge is 2.28. The van der Waals surface area contributed by atoms with Crippen molar-refractivity contribution in [2.24, 2.45) is 0 Å². The van der Waals surface area contributed by atoms with Crippen molar-refractivity contribution in [3.8, 4) is 6.07 Å². The van der Waals surface area contributed by atoms with Gasteiger partial charge in [0.2, 0.25) is 0 Å². The summed E-state index contributed by atoms with van der Waals surface area (Å²) in [6.07, 6.45) is 6.99. The molecule has 102 valence electrons. The molecule has 2 rings (SSSR count). The molecule has 19 heavy (non-hydrogen) atoms. The van der Waals surface area contributed by atoms with Crippen LogP contribution >= 0.6 is 11.6 Å². The lowest BCUT2D eigenvalue weighted by Gasteiger charge is -2.32. The van der Waals surface area contributed by atoms with Crippen LogP contribution in [0.2, 0.25) is 5.02 Å². The van der Waals surface area contributed by atoms with Crippen LogP contribution in [-0.4, -0.2) is 11.6 Å². The van der Waals surface area contributed by atoms with E-state index in [-0.39, 0.29) is 0 Å². The minimum absolute atomic E-state index is 0.490. The lowest BCUT2D eigenvalue weighted by Crippen LogP contribution is -2.49. The molecular formula is C16H21ClN2. The van der Waals surface area contributed by atoms with E-state index < -0.39 is 5.54 Å². The summed E-state index contributed by atoms with van der Waals surface area (Å²) in [6.45, 7) is 2.00. The predicted molar refractivity (Wildman–Crippen MR) is 79.2 cm³/mol. The summed E-state index contributed by atoms with van der Waals surface area (Å²) < 4.78 is 0. The maximum Gasteiger partial charge on any atom is 0.108 e. The molecule has 0 amide bonds. The molecule has 1 saturated carbocycles. The van der Waals surface area contributed by atoms with Crippen molar-refractivity contribution >= 4 is 11.6 Å². The number of benzene rings is 1. The van der Waals surface area contributed by atoms with Crippen LogP contribution in [-0.2, 0) is 6.42 Å². The SMILES string of the molecule is CC(C#N)(Cc1ccc(Cl)cc1)NC1CCCCC1. The Balaban J connectivity index is 2.00. The highest BCUT2D eigenvalue weighted by molar-refractivity contribution is 6.30. The zero-order valence-electron chi connectivity index (χ0n) is 11.5. The molecule has 2 nitrogen and oxygen atoms in total. The fourth-order valence-corrected chi connectivity index (χ4v) is 2.96. The Labute approximate surface area is 120 Å². The second-order valence-electron chi connectivity index (χ2n) is 5.73. The van der Waals surface area contributed by atoms with Crippen LogP contribution < -0.4 is 5.32 Å². The zero-order valence-corrected chi connectivity index (χ0v) is 12.2. The lowest BCUT2D eigenvalue weighted by atomic mass is 9.89. The lowest BCUT2D eigenvalue weighted by molar-refractivity contribution is 0.305. The molecule has 0 aromatic heterocycles. The van der Waals surface area contributed by atoms with E-state index in [0.29, 0.717) is 6.04 Å². The first-order chi connectivity index (χ1) is 9.11. The van der Waals surface area contributed by atoms with Gasteiger partial charge in [0.05, 0.1) is 6.07 Å². The predicted octanol–water partition coefficient (Wildman–Crippen LogP) is 4.09. The van der Waals surface area contributed by atoms with Crippen LogP contribution in [0.1, 0.15) is 44.6 Å². The number of rotatable bonds is 4. The summed E-state index contributed by atoms with van der Waals surface area (Å²) in [7, 11) is 0. The third-order valence-corrected chi connectivity index (χ3v) is 4.10. The Morgan fingerprint density at radius 3 is 2.47 bits per heavy atom. The van der Waals surface area contributed by atoms with Gasteiger partial charge in [-0.2, -0.15) is 5.26 Å². The zero-order chi connectivity index (χ0) is 13.7. The highest BCUT2D eigenvalue weighted by atomic mass is 35.5. The van der Waals surface area contributed by atoms with Gasteiger partial charge in [0.15, 0.2) is 0 Å². The van der Waals surface area contributed by atoms with Gasteiger partial charge >= 0.3 is 0 Å². The third kappa shape index (κ3) is 4.23. The molecule has 1 aromatic rings. The van der Waals surface area contributed by atoms with Crippen molar-refractivity contribution < 1.29 is 0 Å². The van der Waals surface area contributed by atoms with E-state index in [1.807, 2.05) is 31.2 Å². The summed E-state index contributed by atoms with van der Waals surface area (Å²) >= 11 is 5.89. The molecule has 1 aliphatic rings. The van der Waals surface area contributed by atoms with Gasteiger partial charge in [-0.25, -0.2) is 0 Å². The monoisotopic (exact) mass is 276 g/mol. The van der Waals surface area contributed by atoms with Crippen molar-refractivity contribution in [3.63, 3.8) is 0 Å². The molecule has 1 atom stereocenters. The van der Waals surface area contributed by atoms with Crippen LogP contribution in [0.25, 0.3) is 0 Å². The molecule has 1 N–H and O–H groups in total. The molecule has 1 fully saturated rings. The van der Waals surface area contributed by atoms with Gasteiger partial charge in [0, 0.05) is 17.5 Å². The number of hydrogen-bond donors (Lipinski definition) is 1. The molecule has 0 heterocycles. The maximum atomic E-state index is 9.49. The van der Waals surface area contributed by atoms with Gasteiger partial charge in [0.1, 0.15) is 5.54 Å². The summed E-state index contributed by atoms with van der Waals surface area (Å²) in [4.78, 5) is 0. The molecule has 0 radical (unpaired) electrons. The van der Waals surface area contributed by atoms with E-state index >= 15 is 0 Å². The van der Waals surface area contributed by atoms with E-state index in [4.69, 9.17) is 11.6 Å². The van der Waals surface area contributed by atoms with E-state index in [1.54, 1.807) is 0 Å². The van der Waals surface area contributed by atoms with E-state index in [2.05, 4.69) is 11.4 Å². The molecule has 0 saturated heterocycles. The Bertz CT molecular complexity index is 443. The summed E-state index contributed by atoms with van der Waals surface area (Å²) in [5.74, 6) is 0. The quantitative estimate of drug-likeness (QED) is 0.899. The van der Waals surface area contributed by atoms with E-state index in [1.165, 1.54) is 32.1 Å². The molecule has 0 spiro atoms. The van der Waals surface area contributed by atoms with Gasteiger partial charge in [0.25, 0.3) is 0 Å². The van der Waals surface area contributed by atoms with Gasteiger partial charge in [-0.1, -0.05) is 43.0 Å². The highest BCUT2D eigenvalue weighted by Crippen LogP contribution is 2.22. The van der Waals surface area contributed by atoms with Crippen molar-refractivity contribution in [1.82, 2.24) is 5.32 Å². The second kappa shape index (κ2) is 6.41. The topological polar surface area (TPSA) is 35.8 Å². The molecule has 0 aliphatic heterocycles. The summed E-state index contributed by atoms with van der Waals surface area (Å²) in [6, 6.07) is 10.7. The largest absolute Gasteiger partial charge is 0.297 e. The fourth-order valence-electron chi connectivity index (χ4n) is 2.83. The Kier molecular flexibility index (Phi) is 4.85. The standard InChI is InChI=1S/C16H21ClN2/c1-16(12-18,19-15-5-3-2-4-6-15)11-13-7-9-14(17)10-8-13/h7-10,15,19H,2-6,11H2,1H3. The van der Waals surface area contributed by atoms with Gasteiger partial charge in [-0.15, -0.1) is 0 Å². The minimum atomic E-state index is -0.490. The van der Waals surface area contributed by atoms with E-state index in [9.17, 15) is 5.26 Å². The fraction of sp³-hybridized carbons (Fsp3) is 0.562. The average Bonchev–Trinajstić information content (AvgIpc) is 2.42. The van der Waals surface area contributed by atoms with Gasteiger partial charge in [-0.3, -0.25) is 5.32 Å². The van der Waals surface area contributed by atoms with Crippen LogP contribution in [0, 0.1) is 11.3 Å². The first kappa shape index (κ1) is 14.4. The van der Waals surface area contributed by atoms with Gasteiger partial charge < -0.3 is 0 Å². The van der Waals surface area contributed by atoms with Crippen LogP contribution in [0.5, 0.6) is 0 Å². The smallest absolute Gasteiger partial charge is 0.108 e. The van der Waals surface area contributed by atoms with Crippen molar-refractivity contribution in [1.29, 1.82) is 5.26 Å². The first-order valence-corrected chi connectivity index (χ1v) is 7.42. The Hall–Kier alpha value is -1.04. The molecule has 3 heteroatoms. The minimum Gasteiger partial charge on any atom is -0.297 e. The number of halogens is 1. The summed E-state index contributed by atoms with van der Waals surface area (Å²) in [5.41, 5.74) is 0.660. The normalized spacial score (nSPS) is 19.6. The second-order valence-corrected chi connectivity index (χ2v) is 6.16. The molecule has 1 aliphatic carbocycles. The number of nitrogens with zero attached hydrogens (tertiary/aromatic N) is 1. The molecule has 0 bridgehead atoms. The molecule has 1 aromatic carbocycles. The van der Waals surface area contributed by atoms with Crippen molar-refractivity contribution in [2.45, 2.75) is 57.0 Å². The summed E-state index contributed by atoms with van der Waals surface area (Å²) in [5, 5.41) is 13.8. The average molecular weight is 277 g/mol. The Morgan fingerprint density at radius 2 is 1.89 bits per heavy atom. The number of nitrogens with one attached hydrogen (secondary N) is 1. The number of hydrogen-bond acceptors (Lipinski definition) is 2. The third-order valence-electron chi connectivity index (χ3n) is 3.85. The molecule has 1 unspecified atom stereocenters. The molecular weight excluding hydrogens is 256 g/mol. The van der Waals surface area contributed by atoms with Crippen LogP contribution in [0.4, 0.5) is 0 Å². The Morgan fingerprint density at radius 1 is 1.26 bits per heavy atom. The van der Waals surface area contributed by atoms with E-state index in [0.717, 1.165) is 17.0 Å². The number of nitriles is 1. The van der Waals surface area contributed by atoms with Crippen LogP contribution in [0.15, 0.2) is 24.3 Å². The van der Waals surface area contributed by atoms with Crippen molar-refractivity contribution in [3.05, 3.63) is 34.9 Å². The first-order valence-electron chi connectivity index (χ1n) is 7.05. The van der Waals surface area contributed by atoms with Gasteiger partial charge in [-0.05, 0) is 37.5 Å². The maximum absolute atomic E-state index is 9.49. The van der Waals surface area contributed by atoms with Crippen LogP contribution in [0.3, 0.4) is 0 Å². The van der Waals surface area contributed by atoms with Crippen molar-refractivity contribution in [2.75, 3.05) is 0 Å².